The average Bonchev–Trinajstić information content (AvgIpc) is 3.14. The summed E-state index contributed by atoms with van der Waals surface area (Å²) < 4.78 is 40.7. The molecule has 1 aliphatic rings. The Morgan fingerprint density at radius 3 is 2.16 bits per heavy atom. The number of nitrogens with zero attached hydrogens (tertiary/aromatic N) is 1. The van der Waals surface area contributed by atoms with Crippen molar-refractivity contribution in [2.75, 3.05) is 5.32 Å². The molecule has 1 aliphatic heterocycles. The van der Waals surface area contributed by atoms with Crippen LogP contribution in [0.4, 0.5) is 18.9 Å². The number of carbonyl (C=O) groups is 3. The van der Waals surface area contributed by atoms with Crippen LogP contribution >= 0.6 is 0 Å². The minimum Gasteiger partial charge on any atom is -0.480 e. The molecule has 10 heteroatoms. The molecule has 7 nitrogen and oxygen atoms in total. The van der Waals surface area contributed by atoms with Gasteiger partial charge in [-0.25, -0.2) is 4.79 Å². The van der Waals surface area contributed by atoms with E-state index in [2.05, 4.69) is 10.1 Å². The molecule has 37 heavy (non-hydrogen) atoms. The molecule has 0 bridgehead atoms. The van der Waals surface area contributed by atoms with Crippen LogP contribution in [0.2, 0.25) is 0 Å². The van der Waals surface area contributed by atoms with Gasteiger partial charge in [0.2, 0.25) is 0 Å². The molecule has 0 unspecified atom stereocenters. The van der Waals surface area contributed by atoms with Crippen molar-refractivity contribution in [1.82, 2.24) is 4.90 Å². The number of carboxylic acids is 1. The lowest BCUT2D eigenvalue weighted by Crippen LogP contribution is -2.44. The van der Waals surface area contributed by atoms with E-state index in [4.69, 9.17) is 0 Å². The standard InChI is InChI=1S/C27H23F3N2O5/c1-15(2)23(26(35)36)32-14-19-4-3-18(13-22(19)25(32)34)16-5-9-20(10-6-16)31-24(33)17-7-11-21(12-8-17)37-27(28,29)30/h3-13,15,23H,14H2,1-2H3,(H,31,33)(H,35,36)/t23-/m0/s1. The zero-order valence-electron chi connectivity index (χ0n) is 19.9. The second-order valence-corrected chi connectivity index (χ2v) is 8.94. The number of anilines is 1. The van der Waals surface area contributed by atoms with Gasteiger partial charge >= 0.3 is 12.3 Å². The molecule has 0 saturated carbocycles. The van der Waals surface area contributed by atoms with Gasteiger partial charge in [-0.3, -0.25) is 9.59 Å². The number of nitrogens with one attached hydrogen (secondary N) is 1. The molecule has 0 aromatic heterocycles. The number of hydrogen-bond acceptors (Lipinski definition) is 4. The van der Waals surface area contributed by atoms with E-state index < -0.39 is 30.0 Å². The molecule has 2 amide bonds. The first kappa shape index (κ1) is 25.7. The minimum atomic E-state index is -4.81. The number of alkyl halides is 3. The molecule has 0 spiro atoms. The normalized spacial score (nSPS) is 13.9. The fourth-order valence-corrected chi connectivity index (χ4v) is 4.26. The summed E-state index contributed by atoms with van der Waals surface area (Å²) in [5.74, 6) is -2.54. The van der Waals surface area contributed by atoms with E-state index in [9.17, 15) is 32.7 Å². The summed E-state index contributed by atoms with van der Waals surface area (Å²) in [4.78, 5) is 38.5. The number of benzene rings is 3. The minimum absolute atomic E-state index is 0.154. The molecule has 0 radical (unpaired) electrons. The van der Waals surface area contributed by atoms with Crippen molar-refractivity contribution >= 4 is 23.5 Å². The number of halogens is 3. The third kappa shape index (κ3) is 5.74. The van der Waals surface area contributed by atoms with Crippen LogP contribution in [-0.2, 0) is 11.3 Å². The first-order valence-corrected chi connectivity index (χ1v) is 11.4. The van der Waals surface area contributed by atoms with E-state index >= 15 is 0 Å². The maximum atomic E-state index is 13.0. The molecular weight excluding hydrogens is 489 g/mol. The molecule has 1 atom stereocenters. The van der Waals surface area contributed by atoms with Crippen molar-refractivity contribution in [2.24, 2.45) is 5.92 Å². The summed E-state index contributed by atoms with van der Waals surface area (Å²) in [5, 5.41) is 12.3. The fraction of sp³-hybridized carbons (Fsp3) is 0.222. The Balaban J connectivity index is 1.45. The Hall–Kier alpha value is -4.34. The summed E-state index contributed by atoms with van der Waals surface area (Å²) in [6, 6.07) is 15.9. The molecule has 3 aromatic rings. The summed E-state index contributed by atoms with van der Waals surface area (Å²) in [6.45, 7) is 3.76. The van der Waals surface area contributed by atoms with Gasteiger partial charge in [0.25, 0.3) is 11.8 Å². The SMILES string of the molecule is CC(C)[C@@H](C(=O)O)N1Cc2ccc(-c3ccc(NC(=O)c4ccc(OC(F)(F)F)cc4)cc3)cc2C1=O. The van der Waals surface area contributed by atoms with Gasteiger partial charge in [-0.1, -0.05) is 38.1 Å². The van der Waals surface area contributed by atoms with Crippen LogP contribution in [0, 0.1) is 5.92 Å². The van der Waals surface area contributed by atoms with Gasteiger partial charge in [-0.2, -0.15) is 0 Å². The highest BCUT2D eigenvalue weighted by Gasteiger charge is 2.38. The highest BCUT2D eigenvalue weighted by atomic mass is 19.4. The number of hydrogen-bond donors (Lipinski definition) is 2. The third-order valence-electron chi connectivity index (χ3n) is 5.99. The van der Waals surface area contributed by atoms with Gasteiger partial charge in [0.05, 0.1) is 0 Å². The predicted molar refractivity (Wildman–Crippen MR) is 129 cm³/mol. The van der Waals surface area contributed by atoms with Gasteiger partial charge in [0.15, 0.2) is 0 Å². The van der Waals surface area contributed by atoms with Crippen LogP contribution in [-0.4, -0.2) is 40.2 Å². The van der Waals surface area contributed by atoms with E-state index in [1.807, 2.05) is 12.1 Å². The summed E-state index contributed by atoms with van der Waals surface area (Å²) in [7, 11) is 0. The van der Waals surface area contributed by atoms with E-state index in [0.717, 1.165) is 28.8 Å². The van der Waals surface area contributed by atoms with Crippen LogP contribution in [0.1, 0.15) is 40.1 Å². The van der Waals surface area contributed by atoms with Crippen molar-refractivity contribution in [3.8, 4) is 16.9 Å². The lowest BCUT2D eigenvalue weighted by atomic mass is 10.00. The molecule has 0 fully saturated rings. The Morgan fingerprint density at radius 1 is 0.973 bits per heavy atom. The average molecular weight is 512 g/mol. The van der Waals surface area contributed by atoms with E-state index in [1.165, 1.54) is 17.0 Å². The number of rotatable bonds is 7. The number of ether oxygens (including phenoxy) is 1. The third-order valence-corrected chi connectivity index (χ3v) is 5.99. The van der Waals surface area contributed by atoms with Crippen molar-refractivity contribution in [3.05, 3.63) is 83.4 Å². The van der Waals surface area contributed by atoms with Crippen LogP contribution in [0.15, 0.2) is 66.7 Å². The van der Waals surface area contributed by atoms with Gasteiger partial charge in [0.1, 0.15) is 11.8 Å². The maximum Gasteiger partial charge on any atom is 0.573 e. The molecule has 192 valence electrons. The largest absolute Gasteiger partial charge is 0.573 e. The molecule has 3 aromatic carbocycles. The number of aliphatic carboxylic acids is 1. The Labute approximate surface area is 210 Å². The lowest BCUT2D eigenvalue weighted by molar-refractivity contribution is -0.274. The van der Waals surface area contributed by atoms with Gasteiger partial charge < -0.3 is 20.1 Å². The summed E-state index contributed by atoms with van der Waals surface area (Å²) >= 11 is 0. The highest BCUT2D eigenvalue weighted by Crippen LogP contribution is 2.32. The zero-order chi connectivity index (χ0) is 26.9. The second-order valence-electron chi connectivity index (χ2n) is 8.94. The summed E-state index contributed by atoms with van der Waals surface area (Å²) in [6.07, 6.45) is -4.81. The van der Waals surface area contributed by atoms with Crippen LogP contribution in [0.3, 0.4) is 0 Å². The van der Waals surface area contributed by atoms with Gasteiger partial charge in [0, 0.05) is 23.4 Å². The predicted octanol–water partition coefficient (Wildman–Crippen LogP) is 5.57. The molecule has 0 saturated heterocycles. The van der Waals surface area contributed by atoms with Gasteiger partial charge in [-0.05, 0) is 65.1 Å². The smallest absolute Gasteiger partial charge is 0.480 e. The van der Waals surface area contributed by atoms with Crippen LogP contribution in [0.25, 0.3) is 11.1 Å². The van der Waals surface area contributed by atoms with E-state index in [1.54, 1.807) is 44.2 Å². The second kappa shape index (κ2) is 9.96. The molecular formula is C27H23F3N2O5. The monoisotopic (exact) mass is 512 g/mol. The molecule has 4 rings (SSSR count). The Kier molecular flexibility index (Phi) is 6.93. The Bertz CT molecular complexity index is 1340. The molecule has 2 N–H and O–H groups in total. The van der Waals surface area contributed by atoms with Crippen molar-refractivity contribution < 1.29 is 37.4 Å². The topological polar surface area (TPSA) is 95.9 Å². The zero-order valence-corrected chi connectivity index (χ0v) is 19.9. The van der Waals surface area contributed by atoms with Crippen molar-refractivity contribution in [3.63, 3.8) is 0 Å². The number of amides is 2. The number of fused-ring (bicyclic) bond motifs is 1. The summed E-state index contributed by atoms with van der Waals surface area (Å²) in [5.41, 5.74) is 3.37. The maximum absolute atomic E-state index is 13.0. The fourth-order valence-electron chi connectivity index (χ4n) is 4.26. The molecule has 0 aliphatic carbocycles. The number of carbonyl (C=O) groups excluding carboxylic acids is 2. The first-order chi connectivity index (χ1) is 17.4. The van der Waals surface area contributed by atoms with Crippen LogP contribution in [0.5, 0.6) is 5.75 Å². The number of carboxylic acid groups (broad SMARTS) is 1. The highest BCUT2D eigenvalue weighted by molar-refractivity contribution is 6.04. The Morgan fingerprint density at radius 2 is 1.59 bits per heavy atom. The first-order valence-electron chi connectivity index (χ1n) is 11.4. The van der Waals surface area contributed by atoms with Crippen molar-refractivity contribution in [2.45, 2.75) is 32.8 Å². The van der Waals surface area contributed by atoms with Crippen LogP contribution < -0.4 is 10.1 Å². The van der Waals surface area contributed by atoms with Gasteiger partial charge in [-0.15, -0.1) is 13.2 Å². The lowest BCUT2D eigenvalue weighted by Gasteiger charge is -2.27. The quantitative estimate of drug-likeness (QED) is 0.432. The molecule has 1 heterocycles. The van der Waals surface area contributed by atoms with Crippen molar-refractivity contribution in [1.29, 1.82) is 0 Å². The van der Waals surface area contributed by atoms with E-state index in [-0.39, 0.29) is 23.9 Å². The van der Waals surface area contributed by atoms with E-state index in [0.29, 0.717) is 11.3 Å².